The lowest BCUT2D eigenvalue weighted by atomic mass is 10.2. The van der Waals surface area contributed by atoms with Gasteiger partial charge in [-0.2, -0.15) is 5.48 Å². The van der Waals surface area contributed by atoms with Crippen LogP contribution in [0.25, 0.3) is 0 Å². The molecule has 1 aromatic carbocycles. The predicted molar refractivity (Wildman–Crippen MR) is 71.6 cm³/mol. The van der Waals surface area contributed by atoms with Crippen LogP contribution in [-0.2, 0) is 6.54 Å². The number of carbonyl (C=O) groups is 2. The Kier molecular flexibility index (Phi) is 4.21. The zero-order valence-electron chi connectivity index (χ0n) is 11.4. The molecule has 108 valence electrons. The molecule has 2 rings (SSSR count). The van der Waals surface area contributed by atoms with Crippen LogP contribution in [0, 0.1) is 0 Å². The van der Waals surface area contributed by atoms with Gasteiger partial charge in [-0.1, -0.05) is 30.3 Å². The van der Waals surface area contributed by atoms with Gasteiger partial charge >= 0.3 is 12.1 Å². The largest absolute Gasteiger partial charge is 0.331 e. The van der Waals surface area contributed by atoms with Crippen molar-refractivity contribution in [2.75, 3.05) is 0 Å². The molecule has 1 fully saturated rings. The number of urea groups is 2. The number of hydrogen-bond acceptors (Lipinski definition) is 4. The van der Waals surface area contributed by atoms with E-state index in [4.69, 9.17) is 5.21 Å². The molecule has 20 heavy (non-hydrogen) atoms. The molecule has 0 radical (unpaired) electrons. The first-order valence-corrected chi connectivity index (χ1v) is 6.38. The summed E-state index contributed by atoms with van der Waals surface area (Å²) in [6, 6.07) is 8.12. The standard InChI is InChI=1S/C13H18N4O3/c1-9(2)17-12(18)14-11(15-20)16(13(17)19)8-10-6-4-3-5-7-10/h3-7,9,11,15,20H,8H2,1-2H3,(H,14,18). The second-order valence-electron chi connectivity index (χ2n) is 4.84. The molecule has 1 heterocycles. The van der Waals surface area contributed by atoms with Crippen molar-refractivity contribution in [2.45, 2.75) is 32.7 Å². The van der Waals surface area contributed by atoms with Crippen molar-refractivity contribution in [1.29, 1.82) is 0 Å². The summed E-state index contributed by atoms with van der Waals surface area (Å²) in [4.78, 5) is 26.7. The first-order valence-electron chi connectivity index (χ1n) is 6.38. The highest BCUT2D eigenvalue weighted by molar-refractivity contribution is 5.96. The lowest BCUT2D eigenvalue weighted by Gasteiger charge is -2.41. The average molecular weight is 278 g/mol. The number of carbonyl (C=O) groups excluding carboxylic acids is 2. The molecule has 1 saturated heterocycles. The van der Waals surface area contributed by atoms with E-state index in [9.17, 15) is 9.59 Å². The van der Waals surface area contributed by atoms with Crippen molar-refractivity contribution >= 4 is 12.1 Å². The number of nitrogens with one attached hydrogen (secondary N) is 2. The van der Waals surface area contributed by atoms with E-state index in [0.717, 1.165) is 10.5 Å². The summed E-state index contributed by atoms with van der Waals surface area (Å²) >= 11 is 0. The third-order valence-corrected chi connectivity index (χ3v) is 3.08. The highest BCUT2D eigenvalue weighted by atomic mass is 16.5. The number of benzene rings is 1. The van der Waals surface area contributed by atoms with Crippen LogP contribution in [-0.4, -0.2) is 39.4 Å². The van der Waals surface area contributed by atoms with Crippen molar-refractivity contribution in [3.8, 4) is 0 Å². The molecule has 4 amide bonds. The SMILES string of the molecule is CC(C)N1C(=O)NC(NO)N(Cc2ccccc2)C1=O. The molecular formula is C13H18N4O3. The van der Waals surface area contributed by atoms with Gasteiger partial charge in [0.25, 0.3) is 0 Å². The Morgan fingerprint density at radius 3 is 2.50 bits per heavy atom. The summed E-state index contributed by atoms with van der Waals surface area (Å²) in [6.07, 6.45) is -0.940. The van der Waals surface area contributed by atoms with Crippen molar-refractivity contribution in [2.24, 2.45) is 0 Å². The molecule has 0 aliphatic carbocycles. The molecule has 1 aliphatic rings. The maximum Gasteiger partial charge on any atom is 0.331 e. The molecule has 0 bridgehead atoms. The zero-order valence-corrected chi connectivity index (χ0v) is 11.4. The van der Waals surface area contributed by atoms with E-state index in [1.54, 1.807) is 13.8 Å². The molecule has 1 aliphatic heterocycles. The minimum Gasteiger partial charge on any atom is -0.313 e. The first kappa shape index (κ1) is 14.3. The Hall–Kier alpha value is -2.12. The molecule has 1 unspecified atom stereocenters. The van der Waals surface area contributed by atoms with Crippen molar-refractivity contribution in [3.63, 3.8) is 0 Å². The number of nitrogens with zero attached hydrogens (tertiary/aromatic N) is 2. The van der Waals surface area contributed by atoms with Crippen molar-refractivity contribution < 1.29 is 14.8 Å². The fourth-order valence-corrected chi connectivity index (χ4v) is 2.10. The second-order valence-corrected chi connectivity index (χ2v) is 4.84. The maximum atomic E-state index is 12.4. The van der Waals surface area contributed by atoms with Gasteiger partial charge in [0, 0.05) is 6.04 Å². The molecule has 3 N–H and O–H groups in total. The van der Waals surface area contributed by atoms with E-state index in [2.05, 4.69) is 5.32 Å². The zero-order chi connectivity index (χ0) is 14.7. The Bertz CT molecular complexity index is 492. The van der Waals surface area contributed by atoms with Crippen molar-refractivity contribution in [1.82, 2.24) is 20.6 Å². The van der Waals surface area contributed by atoms with Gasteiger partial charge in [-0.15, -0.1) is 0 Å². The topological polar surface area (TPSA) is 84.9 Å². The Morgan fingerprint density at radius 2 is 1.95 bits per heavy atom. The molecule has 0 spiro atoms. The van der Waals surface area contributed by atoms with Gasteiger partial charge in [0.05, 0.1) is 6.54 Å². The number of rotatable bonds is 4. The van der Waals surface area contributed by atoms with Crippen LogP contribution in [0.15, 0.2) is 30.3 Å². The van der Waals surface area contributed by atoms with E-state index in [-0.39, 0.29) is 12.6 Å². The summed E-state index contributed by atoms with van der Waals surface area (Å²) in [5.41, 5.74) is 2.84. The van der Waals surface area contributed by atoms with Gasteiger partial charge in [-0.05, 0) is 19.4 Å². The maximum absolute atomic E-state index is 12.4. The third-order valence-electron chi connectivity index (χ3n) is 3.08. The van der Waals surface area contributed by atoms with Gasteiger partial charge in [-0.3, -0.25) is 4.90 Å². The Morgan fingerprint density at radius 1 is 1.30 bits per heavy atom. The summed E-state index contributed by atoms with van der Waals surface area (Å²) in [5, 5.41) is 11.7. The fourth-order valence-electron chi connectivity index (χ4n) is 2.10. The minimum absolute atomic E-state index is 0.264. The molecule has 0 aromatic heterocycles. The third kappa shape index (κ3) is 2.73. The van der Waals surface area contributed by atoms with Gasteiger partial charge in [0.15, 0.2) is 6.29 Å². The summed E-state index contributed by atoms with van der Waals surface area (Å²) in [6.45, 7) is 3.79. The quantitative estimate of drug-likeness (QED) is 0.725. The molecule has 1 atom stereocenters. The van der Waals surface area contributed by atoms with Crippen molar-refractivity contribution in [3.05, 3.63) is 35.9 Å². The summed E-state index contributed by atoms with van der Waals surface area (Å²) in [5.74, 6) is 0. The van der Waals surface area contributed by atoms with Crippen LogP contribution < -0.4 is 10.8 Å². The van der Waals surface area contributed by atoms with E-state index < -0.39 is 18.4 Å². The number of imide groups is 1. The Balaban J connectivity index is 2.23. The molecular weight excluding hydrogens is 260 g/mol. The van der Waals surface area contributed by atoms with Gasteiger partial charge in [0.1, 0.15) is 0 Å². The predicted octanol–water partition coefficient (Wildman–Crippen LogP) is 1.30. The highest BCUT2D eigenvalue weighted by Gasteiger charge is 2.39. The second kappa shape index (κ2) is 5.89. The molecule has 1 aromatic rings. The summed E-state index contributed by atoms with van der Waals surface area (Å²) < 4.78 is 0. The van der Waals surface area contributed by atoms with Crippen LogP contribution in [0.1, 0.15) is 19.4 Å². The van der Waals surface area contributed by atoms with Gasteiger partial charge in [-0.25, -0.2) is 14.5 Å². The van der Waals surface area contributed by atoms with E-state index in [0.29, 0.717) is 0 Å². The fraction of sp³-hybridized carbons (Fsp3) is 0.385. The van der Waals surface area contributed by atoms with E-state index in [1.165, 1.54) is 4.90 Å². The molecule has 7 heteroatoms. The van der Waals surface area contributed by atoms with Crippen LogP contribution in [0.2, 0.25) is 0 Å². The average Bonchev–Trinajstić information content (AvgIpc) is 2.42. The summed E-state index contributed by atoms with van der Waals surface area (Å²) in [7, 11) is 0. The lowest BCUT2D eigenvalue weighted by molar-refractivity contribution is 0.00721. The smallest absolute Gasteiger partial charge is 0.313 e. The van der Waals surface area contributed by atoms with Crippen LogP contribution in [0.3, 0.4) is 0 Å². The number of hydroxylamine groups is 1. The first-order chi connectivity index (χ1) is 9.54. The molecule has 0 saturated carbocycles. The Labute approximate surface area is 117 Å². The minimum atomic E-state index is -0.940. The van der Waals surface area contributed by atoms with Gasteiger partial charge < -0.3 is 10.5 Å². The number of amides is 4. The number of hydrogen-bond donors (Lipinski definition) is 3. The monoisotopic (exact) mass is 278 g/mol. The highest BCUT2D eigenvalue weighted by Crippen LogP contribution is 2.15. The van der Waals surface area contributed by atoms with E-state index >= 15 is 0 Å². The van der Waals surface area contributed by atoms with Gasteiger partial charge in [0.2, 0.25) is 0 Å². The van der Waals surface area contributed by atoms with E-state index in [1.807, 2.05) is 35.8 Å². The van der Waals surface area contributed by atoms with Crippen LogP contribution >= 0.6 is 0 Å². The van der Waals surface area contributed by atoms with Crippen LogP contribution in [0.4, 0.5) is 9.59 Å². The van der Waals surface area contributed by atoms with Crippen LogP contribution in [0.5, 0.6) is 0 Å². The normalized spacial score (nSPS) is 19.5. The lowest BCUT2D eigenvalue weighted by Crippen LogP contribution is -2.69. The molecule has 7 nitrogen and oxygen atoms in total.